The number of aliphatic imine (C=N–C) groups is 2. The van der Waals surface area contributed by atoms with Crippen LogP contribution in [0, 0.1) is 122 Å². The molecule has 0 aliphatic carbocycles. The van der Waals surface area contributed by atoms with E-state index in [0.29, 0.717) is 6.92 Å². The average Bonchev–Trinajstić information content (AvgIpc) is 3.20. The van der Waals surface area contributed by atoms with E-state index in [4.69, 9.17) is 0 Å². The van der Waals surface area contributed by atoms with Crippen LogP contribution in [0.3, 0.4) is 0 Å². The molecule has 0 unspecified atom stereocenters. The Balaban J connectivity index is 0.000000442. The van der Waals surface area contributed by atoms with E-state index in [9.17, 15) is 65.9 Å². The number of rotatable bonds is 7. The van der Waals surface area contributed by atoms with Gasteiger partial charge in [-0.1, -0.05) is 43.3 Å². The summed E-state index contributed by atoms with van der Waals surface area (Å²) in [6.07, 6.45) is -3.58. The smallest absolute Gasteiger partial charge is 0.346 e. The van der Waals surface area contributed by atoms with Gasteiger partial charge in [0.1, 0.15) is 41.0 Å². The largest absolute Gasteiger partial charge is 2.00 e. The van der Waals surface area contributed by atoms with Crippen LogP contribution in [-0.2, 0) is 20.4 Å². The first-order chi connectivity index (χ1) is 27.2. The summed E-state index contributed by atoms with van der Waals surface area (Å²) in [6, 6.07) is 12.4. The van der Waals surface area contributed by atoms with Crippen LogP contribution in [0.25, 0.3) is 0 Å². The van der Waals surface area contributed by atoms with Gasteiger partial charge in [0.05, 0.1) is 11.4 Å². The molecule has 0 aliphatic heterocycles. The molecule has 0 radical (unpaired) electrons. The van der Waals surface area contributed by atoms with Gasteiger partial charge in [-0.25, -0.2) is 65.9 Å². The van der Waals surface area contributed by atoms with Crippen molar-refractivity contribution in [1.29, 1.82) is 0 Å². The molecule has 0 N–H and O–H groups in total. The first kappa shape index (κ1) is 50.3. The third-order valence-corrected chi connectivity index (χ3v) is 9.17. The maximum Gasteiger partial charge on any atom is 2.00 e. The van der Waals surface area contributed by atoms with Crippen molar-refractivity contribution in [2.24, 2.45) is 9.98 Å². The van der Waals surface area contributed by atoms with Gasteiger partial charge in [0, 0.05) is 12.4 Å². The van der Waals surface area contributed by atoms with Crippen molar-refractivity contribution in [3.63, 3.8) is 0 Å². The number of aryl methyl sites for hydroxylation is 4. The van der Waals surface area contributed by atoms with Crippen LogP contribution < -0.4 is 16.4 Å². The molecule has 0 aromatic heterocycles. The third kappa shape index (κ3) is 9.16. The summed E-state index contributed by atoms with van der Waals surface area (Å²) < 4.78 is 214. The monoisotopic (exact) mass is 940 g/mol. The van der Waals surface area contributed by atoms with E-state index in [1.807, 2.05) is 0 Å². The molecule has 5 rings (SSSR count). The third-order valence-electron chi connectivity index (χ3n) is 9.17. The SMILES string of the molecule is CC[B-](c1c(F)c(F)c(F)c(F)c1F)(c1c(F)c(F)c(F)c(F)c1F)c1c(F)c(F)c(F)c(F)c1F.Cc1cccc(C)c1N=CC=Nc1c(C)cccc1C.[CH2-]C.[Pd+2]. The number of benzene rings is 5. The van der Waals surface area contributed by atoms with Gasteiger partial charge in [0.25, 0.3) is 0 Å². The molecular formula is C40H30BF15N2Pd. The molecule has 0 spiro atoms. The Morgan fingerprint density at radius 2 is 0.593 bits per heavy atom. The van der Waals surface area contributed by atoms with Crippen molar-refractivity contribution < 1.29 is 86.3 Å². The van der Waals surface area contributed by atoms with Crippen LogP contribution in [0.1, 0.15) is 36.1 Å². The first-order valence-electron chi connectivity index (χ1n) is 16.8. The standard InChI is InChI=1S/C20H5BF15.C18H20N2.C2H5.Pd/c1-2-21(3-6(22)12(28)18(34)13(29)7(3)23,4-8(24)14(30)19(35)15(31)9(4)25)5-10(26)16(32)20(36)17(33)11(5)27;1-13-7-5-8-14(2)17(13)19-11-12-20-18-15(3)9-6-10-16(18)4;1-2;/h2H2,1H3;5-12H,1-4H3;1H2,2H3;/q-1;;-1;+2. The van der Waals surface area contributed by atoms with Crippen LogP contribution in [0.2, 0.25) is 6.32 Å². The Morgan fingerprint density at radius 3 is 0.780 bits per heavy atom. The summed E-state index contributed by atoms with van der Waals surface area (Å²) >= 11 is 0. The molecule has 19 heteroatoms. The second-order valence-electron chi connectivity index (χ2n) is 12.4. The summed E-state index contributed by atoms with van der Waals surface area (Å²) in [6.45, 7) is 13.7. The average molecular weight is 941 g/mol. The Hall–Kier alpha value is -4.88. The Bertz CT molecular complexity index is 2080. The number of hydrogen-bond donors (Lipinski definition) is 0. The van der Waals surface area contributed by atoms with E-state index >= 15 is 0 Å². The van der Waals surface area contributed by atoms with Crippen molar-refractivity contribution in [1.82, 2.24) is 0 Å². The van der Waals surface area contributed by atoms with Gasteiger partial charge < -0.3 is 6.92 Å². The van der Waals surface area contributed by atoms with Gasteiger partial charge in [-0.2, -0.15) is 13.2 Å². The van der Waals surface area contributed by atoms with E-state index in [0.717, 1.165) is 11.4 Å². The number of halogens is 15. The molecule has 0 heterocycles. The zero-order valence-corrected chi connectivity index (χ0v) is 33.0. The Morgan fingerprint density at radius 1 is 0.407 bits per heavy atom. The van der Waals surface area contributed by atoms with E-state index in [2.05, 4.69) is 81.0 Å². The van der Waals surface area contributed by atoms with E-state index in [-0.39, 0.29) is 20.4 Å². The zero-order chi connectivity index (χ0) is 44.1. The molecule has 318 valence electrons. The maximum atomic E-state index is 14.8. The second kappa shape index (κ2) is 20.4. The second-order valence-corrected chi connectivity index (χ2v) is 12.4. The fourth-order valence-corrected chi connectivity index (χ4v) is 6.44. The van der Waals surface area contributed by atoms with E-state index in [1.165, 1.54) is 22.3 Å². The van der Waals surface area contributed by atoms with Crippen molar-refractivity contribution in [2.75, 3.05) is 0 Å². The van der Waals surface area contributed by atoms with Crippen LogP contribution >= 0.6 is 0 Å². The summed E-state index contributed by atoms with van der Waals surface area (Å²) in [4.78, 5) is 9.01. The van der Waals surface area contributed by atoms with Crippen molar-refractivity contribution >= 4 is 46.3 Å². The van der Waals surface area contributed by atoms with Crippen LogP contribution in [0.4, 0.5) is 77.2 Å². The fraction of sp³-hybridized carbons (Fsp3) is 0.175. The minimum absolute atomic E-state index is 0. The van der Waals surface area contributed by atoms with Crippen LogP contribution in [-0.4, -0.2) is 18.6 Å². The summed E-state index contributed by atoms with van der Waals surface area (Å²) in [5.74, 6) is -44.9. The van der Waals surface area contributed by atoms with Gasteiger partial charge in [0.15, 0.2) is 52.4 Å². The minimum Gasteiger partial charge on any atom is -0.346 e. The van der Waals surface area contributed by atoms with E-state index < -0.39 is 116 Å². The predicted molar refractivity (Wildman–Crippen MR) is 193 cm³/mol. The number of hydrogen-bond acceptors (Lipinski definition) is 2. The van der Waals surface area contributed by atoms with Gasteiger partial charge in [-0.05, 0) is 49.9 Å². The molecule has 0 saturated heterocycles. The van der Waals surface area contributed by atoms with Crippen molar-refractivity contribution in [3.05, 3.63) is 153 Å². The summed E-state index contributed by atoms with van der Waals surface area (Å²) in [5, 5.41) is 0. The normalized spacial score (nSPS) is 11.4. The molecule has 59 heavy (non-hydrogen) atoms. The van der Waals surface area contributed by atoms with Crippen molar-refractivity contribution in [3.8, 4) is 0 Å². The van der Waals surface area contributed by atoms with Gasteiger partial charge in [0.2, 0.25) is 0 Å². The first-order valence-corrected chi connectivity index (χ1v) is 16.8. The fourth-order valence-electron chi connectivity index (χ4n) is 6.44. The van der Waals surface area contributed by atoms with Gasteiger partial charge >= 0.3 is 20.4 Å². The zero-order valence-electron chi connectivity index (χ0n) is 31.5. The van der Waals surface area contributed by atoms with Gasteiger partial charge in [-0.3, -0.25) is 9.98 Å². The number of nitrogens with zero attached hydrogens (tertiary/aromatic N) is 2. The minimum atomic E-state index is -5.40. The Labute approximate surface area is 342 Å². The molecule has 0 amide bonds. The molecule has 0 bridgehead atoms. The number of para-hydroxylation sites is 2. The summed E-state index contributed by atoms with van der Waals surface area (Å²) in [5.41, 5.74) is -1.01. The summed E-state index contributed by atoms with van der Waals surface area (Å²) in [7, 11) is 0. The topological polar surface area (TPSA) is 24.7 Å². The maximum absolute atomic E-state index is 14.8. The molecule has 0 aliphatic rings. The van der Waals surface area contributed by atoms with Crippen molar-refractivity contribution in [2.45, 2.75) is 47.9 Å². The molecule has 2 nitrogen and oxygen atoms in total. The van der Waals surface area contributed by atoms with Crippen LogP contribution in [0.15, 0.2) is 46.4 Å². The predicted octanol–water partition coefficient (Wildman–Crippen LogP) is 11.1. The van der Waals surface area contributed by atoms with Gasteiger partial charge in [-0.15, -0.1) is 16.4 Å². The molecule has 0 fully saturated rings. The molecular weight excluding hydrogens is 911 g/mol. The van der Waals surface area contributed by atoms with E-state index in [1.54, 1.807) is 19.4 Å². The molecule has 0 saturated carbocycles. The Kier molecular flexibility index (Phi) is 17.4. The quantitative estimate of drug-likeness (QED) is 0.0388. The van der Waals surface area contributed by atoms with Crippen LogP contribution in [0.5, 0.6) is 0 Å². The molecule has 0 atom stereocenters. The molecule has 5 aromatic rings. The molecule has 5 aromatic carbocycles.